The van der Waals surface area contributed by atoms with Crippen LogP contribution in [0.2, 0.25) is 0 Å². The van der Waals surface area contributed by atoms with E-state index in [4.69, 9.17) is 4.85 Å². The first kappa shape index (κ1) is 42.4. The van der Waals surface area contributed by atoms with Gasteiger partial charge in [0.1, 0.15) is 6.07 Å². The van der Waals surface area contributed by atoms with Crippen molar-refractivity contribution in [2.75, 3.05) is 0 Å². The van der Waals surface area contributed by atoms with Crippen LogP contribution in [0.3, 0.4) is 0 Å². The first-order valence-electron chi connectivity index (χ1n) is 26.4. The molecule has 0 N–H and O–H groups in total. The molecular weight excluding hydrogens is 949 g/mol. The zero-order chi connectivity index (χ0) is 51.3. The van der Waals surface area contributed by atoms with Crippen LogP contribution in [-0.4, -0.2) is 18.3 Å². The number of hydrogen-bond donors (Lipinski definition) is 0. The van der Waals surface area contributed by atoms with Crippen LogP contribution in [0.4, 0.5) is 5.69 Å². The molecule has 13 aromatic carbocycles. The largest absolute Gasteiger partial charge is 0.317 e. The SMILES string of the molecule is [C-]#[N+]c1c(-n2c3ccccc3c3c4ccccc4ccc32)c(C#N)c(-n2c3ccccc3c3c4ccccc4ccc32)c(-n2c3ccccc3c3c4ccccc4ccc32)c1-n1c2ccccc2c2c3ccccc3ccc21. The Morgan fingerprint density at radius 3 is 0.859 bits per heavy atom. The molecule has 0 unspecified atom stereocenters. The van der Waals surface area contributed by atoms with E-state index in [2.05, 4.69) is 267 Å². The summed E-state index contributed by atoms with van der Waals surface area (Å²) < 4.78 is 9.30. The van der Waals surface area contributed by atoms with Crippen molar-refractivity contribution < 1.29 is 0 Å². The van der Waals surface area contributed by atoms with Gasteiger partial charge in [-0.25, -0.2) is 4.85 Å². The number of rotatable bonds is 4. The maximum Gasteiger partial charge on any atom is 0.237 e. The number of para-hydroxylation sites is 4. The van der Waals surface area contributed by atoms with Crippen LogP contribution < -0.4 is 0 Å². The van der Waals surface area contributed by atoms with E-state index < -0.39 is 0 Å². The summed E-state index contributed by atoms with van der Waals surface area (Å²) in [6.07, 6.45) is 0. The summed E-state index contributed by atoms with van der Waals surface area (Å²) in [7, 11) is 0. The Morgan fingerprint density at radius 1 is 0.269 bits per heavy atom. The second-order valence-corrected chi connectivity index (χ2v) is 20.5. The van der Waals surface area contributed by atoms with Crippen molar-refractivity contribution >= 4 is 136 Å². The molecule has 0 aliphatic rings. The van der Waals surface area contributed by atoms with Crippen molar-refractivity contribution in [3.05, 3.63) is 260 Å². The molecule has 78 heavy (non-hydrogen) atoms. The Bertz CT molecular complexity index is 5420. The quantitative estimate of drug-likeness (QED) is 0.162. The summed E-state index contributed by atoms with van der Waals surface area (Å²) >= 11 is 0. The minimum atomic E-state index is 0.356. The van der Waals surface area contributed by atoms with Gasteiger partial charge in [0.05, 0.1) is 79.0 Å². The highest BCUT2D eigenvalue weighted by molar-refractivity contribution is 6.27. The molecule has 0 saturated heterocycles. The molecule has 0 bridgehead atoms. The fourth-order valence-corrected chi connectivity index (χ4v) is 13.7. The Labute approximate surface area is 445 Å². The van der Waals surface area contributed by atoms with E-state index in [1.54, 1.807) is 0 Å². The van der Waals surface area contributed by atoms with Crippen LogP contribution in [0, 0.1) is 17.9 Å². The second-order valence-electron chi connectivity index (χ2n) is 20.5. The minimum absolute atomic E-state index is 0.356. The third-order valence-corrected chi connectivity index (χ3v) is 16.7. The lowest BCUT2D eigenvalue weighted by Gasteiger charge is -2.27. The summed E-state index contributed by atoms with van der Waals surface area (Å²) in [4.78, 5) is 4.85. The van der Waals surface area contributed by atoms with E-state index in [1.165, 1.54) is 0 Å². The number of aromatic nitrogens is 4. The smallest absolute Gasteiger partial charge is 0.237 e. The van der Waals surface area contributed by atoms with Crippen LogP contribution in [0.25, 0.3) is 158 Å². The lowest BCUT2D eigenvalue weighted by Crippen LogP contribution is -2.14. The van der Waals surface area contributed by atoms with Crippen molar-refractivity contribution in [1.82, 2.24) is 18.3 Å². The molecule has 0 aliphatic carbocycles. The Balaban J connectivity index is 1.21. The molecule has 6 nitrogen and oxygen atoms in total. The molecule has 0 spiro atoms. The highest BCUT2D eigenvalue weighted by Crippen LogP contribution is 2.53. The number of fused-ring (bicyclic) bond motifs is 20. The van der Waals surface area contributed by atoms with Gasteiger partial charge in [-0.1, -0.05) is 194 Å². The Kier molecular flexibility index (Phi) is 8.60. The average Bonchev–Trinajstić information content (AvgIpc) is 4.30. The standard InChI is InChI=1S/C72H40N6/c1-74-68-69(75-56-30-14-10-26-51(56)64-47-22-6-2-18-43(47)34-38-60(64)75)55(42-73)70(76-57-31-15-11-27-52(57)65-48-23-7-3-19-44(48)35-39-61(65)76)72(78-59-33-17-13-29-54(59)67-50-25-9-5-21-46(50)37-41-63(67)78)71(68)77-58-32-16-12-28-53(58)66-49-24-8-4-20-45(49)36-40-62(66)77/h2-41H. The van der Waals surface area contributed by atoms with Crippen molar-refractivity contribution in [2.45, 2.75) is 0 Å². The maximum atomic E-state index is 12.7. The zero-order valence-electron chi connectivity index (χ0n) is 41.8. The van der Waals surface area contributed by atoms with Crippen LogP contribution >= 0.6 is 0 Å². The number of benzene rings is 13. The molecule has 17 rings (SSSR count). The van der Waals surface area contributed by atoms with Gasteiger partial charge in [-0.3, -0.25) is 0 Å². The van der Waals surface area contributed by atoms with Crippen LogP contribution in [0.15, 0.2) is 243 Å². The van der Waals surface area contributed by atoms with Crippen molar-refractivity contribution in [3.63, 3.8) is 0 Å². The maximum absolute atomic E-state index is 12.7. The molecule has 0 aliphatic heterocycles. The minimum Gasteiger partial charge on any atom is -0.317 e. The van der Waals surface area contributed by atoms with Gasteiger partial charge in [0.2, 0.25) is 5.69 Å². The number of nitriles is 1. The molecule has 0 amide bonds. The lowest BCUT2D eigenvalue weighted by atomic mass is 10.0. The molecule has 0 radical (unpaired) electrons. The van der Waals surface area contributed by atoms with Gasteiger partial charge in [-0.15, -0.1) is 0 Å². The molecule has 6 heteroatoms. The molecule has 0 atom stereocenters. The van der Waals surface area contributed by atoms with Gasteiger partial charge in [0.25, 0.3) is 0 Å². The van der Waals surface area contributed by atoms with Crippen LogP contribution in [-0.2, 0) is 0 Å². The predicted octanol–water partition coefficient (Wildman–Crippen LogP) is 19.1. The van der Waals surface area contributed by atoms with E-state index in [0.717, 1.165) is 136 Å². The van der Waals surface area contributed by atoms with E-state index >= 15 is 0 Å². The van der Waals surface area contributed by atoms with Gasteiger partial charge in [-0.05, 0) is 91.6 Å². The molecule has 0 saturated carbocycles. The predicted molar refractivity (Wildman–Crippen MR) is 325 cm³/mol. The van der Waals surface area contributed by atoms with E-state index in [0.29, 0.717) is 28.3 Å². The topological polar surface area (TPSA) is 47.9 Å². The normalized spacial score (nSPS) is 12.1. The second kappa shape index (κ2) is 15.8. The molecular formula is C72H40N6. The lowest BCUT2D eigenvalue weighted by molar-refractivity contribution is 1.03. The van der Waals surface area contributed by atoms with E-state index in [-0.39, 0.29) is 0 Å². The fourth-order valence-electron chi connectivity index (χ4n) is 13.7. The molecule has 4 heterocycles. The summed E-state index contributed by atoms with van der Waals surface area (Å²) in [5.41, 5.74) is 10.9. The van der Waals surface area contributed by atoms with Gasteiger partial charge in [0.15, 0.2) is 0 Å². The molecule has 4 aromatic heterocycles. The van der Waals surface area contributed by atoms with Crippen molar-refractivity contribution in [1.29, 1.82) is 5.26 Å². The Hall–Kier alpha value is -10.9. The molecule has 358 valence electrons. The number of hydrogen-bond acceptors (Lipinski definition) is 1. The molecule has 0 fully saturated rings. The number of nitrogens with zero attached hydrogens (tertiary/aromatic N) is 6. The summed E-state index contributed by atoms with van der Waals surface area (Å²) in [6.45, 7) is 9.92. The first-order valence-corrected chi connectivity index (χ1v) is 26.4. The fraction of sp³-hybridized carbons (Fsp3) is 0. The van der Waals surface area contributed by atoms with Gasteiger partial charge in [-0.2, -0.15) is 5.26 Å². The van der Waals surface area contributed by atoms with Gasteiger partial charge >= 0.3 is 0 Å². The van der Waals surface area contributed by atoms with E-state index in [1.807, 2.05) is 0 Å². The summed E-state index contributed by atoms with van der Waals surface area (Å²) in [6, 6.07) is 89.3. The van der Waals surface area contributed by atoms with Crippen molar-refractivity contribution in [3.8, 4) is 28.8 Å². The van der Waals surface area contributed by atoms with Crippen LogP contribution in [0.1, 0.15) is 5.56 Å². The summed E-state index contributed by atoms with van der Waals surface area (Å²) in [5.74, 6) is 0. The third kappa shape index (κ3) is 5.47. The van der Waals surface area contributed by atoms with Crippen molar-refractivity contribution in [2.24, 2.45) is 0 Å². The highest BCUT2D eigenvalue weighted by atomic mass is 15.1. The van der Waals surface area contributed by atoms with E-state index in [9.17, 15) is 11.8 Å². The summed E-state index contributed by atoms with van der Waals surface area (Å²) in [5, 5.41) is 30.3. The average molecular weight is 989 g/mol. The van der Waals surface area contributed by atoms with Gasteiger partial charge in [0, 0.05) is 43.1 Å². The molecule has 17 aromatic rings. The highest BCUT2D eigenvalue weighted by Gasteiger charge is 2.35. The first-order chi connectivity index (χ1) is 38.7. The Morgan fingerprint density at radius 2 is 0.538 bits per heavy atom. The monoisotopic (exact) mass is 988 g/mol. The zero-order valence-corrected chi connectivity index (χ0v) is 41.8. The van der Waals surface area contributed by atoms with Crippen LogP contribution in [0.5, 0.6) is 0 Å². The third-order valence-electron chi connectivity index (χ3n) is 16.7. The van der Waals surface area contributed by atoms with Gasteiger partial charge < -0.3 is 18.3 Å².